The van der Waals surface area contributed by atoms with Crippen LogP contribution in [0.15, 0.2) is 22.7 Å². The smallest absolute Gasteiger partial charge is 0.226 e. The van der Waals surface area contributed by atoms with Gasteiger partial charge < -0.3 is 10.6 Å². The van der Waals surface area contributed by atoms with Gasteiger partial charge in [-0.1, -0.05) is 29.3 Å². The van der Waals surface area contributed by atoms with Gasteiger partial charge >= 0.3 is 0 Å². The maximum absolute atomic E-state index is 12.8. The molecule has 5 nitrogen and oxygen atoms in total. The van der Waals surface area contributed by atoms with Gasteiger partial charge in [-0.2, -0.15) is 0 Å². The van der Waals surface area contributed by atoms with Crippen molar-refractivity contribution in [1.82, 2.24) is 15.2 Å². The van der Waals surface area contributed by atoms with E-state index >= 15 is 0 Å². The van der Waals surface area contributed by atoms with Gasteiger partial charge in [0.05, 0.1) is 10.2 Å². The molecular formula is C25H31BrN4OS2. The summed E-state index contributed by atoms with van der Waals surface area (Å²) in [6.07, 6.45) is 6.59. The van der Waals surface area contributed by atoms with Gasteiger partial charge in [-0.3, -0.25) is 9.69 Å². The molecule has 3 heterocycles. The average molecular weight is 548 g/mol. The molecule has 1 unspecified atom stereocenters. The summed E-state index contributed by atoms with van der Waals surface area (Å²) in [5, 5.41) is 8.68. The molecular weight excluding hydrogens is 516 g/mol. The second-order valence-corrected chi connectivity index (χ2v) is 12.3. The van der Waals surface area contributed by atoms with Crippen molar-refractivity contribution in [3.8, 4) is 10.6 Å². The van der Waals surface area contributed by atoms with Crippen LogP contribution in [0.4, 0.5) is 5.00 Å². The summed E-state index contributed by atoms with van der Waals surface area (Å²) in [6.45, 7) is 7.11. The highest BCUT2D eigenvalue weighted by Crippen LogP contribution is 2.46. The molecule has 1 aliphatic heterocycles. The molecule has 1 aromatic carbocycles. The van der Waals surface area contributed by atoms with Crippen LogP contribution in [-0.2, 0) is 17.8 Å². The second-order valence-electron chi connectivity index (χ2n) is 9.21. The maximum atomic E-state index is 12.8. The molecule has 176 valence electrons. The minimum absolute atomic E-state index is 0.0744. The second kappa shape index (κ2) is 10.1. The van der Waals surface area contributed by atoms with E-state index in [1.807, 2.05) is 0 Å². The molecule has 1 atom stereocenters. The highest BCUT2D eigenvalue weighted by Gasteiger charge is 2.32. The van der Waals surface area contributed by atoms with Crippen LogP contribution >= 0.6 is 38.6 Å². The molecule has 2 N–H and O–H groups in total. The minimum atomic E-state index is 0.0744. The highest BCUT2D eigenvalue weighted by molar-refractivity contribution is 9.10. The van der Waals surface area contributed by atoms with Gasteiger partial charge in [-0.15, -0.1) is 22.7 Å². The number of thiazole rings is 1. The van der Waals surface area contributed by atoms with E-state index in [2.05, 4.69) is 63.5 Å². The van der Waals surface area contributed by atoms with Crippen LogP contribution in [0.25, 0.3) is 20.8 Å². The van der Waals surface area contributed by atoms with E-state index in [-0.39, 0.29) is 5.91 Å². The van der Waals surface area contributed by atoms with Crippen molar-refractivity contribution in [2.75, 3.05) is 18.4 Å². The van der Waals surface area contributed by atoms with Crippen molar-refractivity contribution in [2.45, 2.75) is 71.0 Å². The van der Waals surface area contributed by atoms with E-state index in [1.54, 1.807) is 22.7 Å². The number of nitrogens with one attached hydrogen (secondary N) is 2. The number of aromatic nitrogens is 1. The molecule has 2 aromatic heterocycles. The number of amides is 1. The standard InChI is InChI=1S/C25H31BrN4OS2/c1-3-15(2)27-11-9-22(31)29-25-23(24-28-19-13-16(26)7-8-20(19)32-24)18-10-12-30(14-21(18)33-25)17-5-4-6-17/h7-8,13,15,17,27H,3-6,9-12,14H2,1-2H3,(H,29,31). The Balaban J connectivity index is 1.43. The predicted molar refractivity (Wildman–Crippen MR) is 143 cm³/mol. The summed E-state index contributed by atoms with van der Waals surface area (Å²) in [4.78, 5) is 21.9. The quantitative estimate of drug-likeness (QED) is 0.342. The maximum Gasteiger partial charge on any atom is 0.226 e. The first-order chi connectivity index (χ1) is 16.0. The molecule has 1 saturated carbocycles. The lowest BCUT2D eigenvalue weighted by molar-refractivity contribution is -0.116. The van der Waals surface area contributed by atoms with Gasteiger partial charge in [0.25, 0.3) is 0 Å². The Hall–Kier alpha value is -1.32. The number of rotatable bonds is 8. The van der Waals surface area contributed by atoms with Crippen molar-refractivity contribution in [2.24, 2.45) is 0 Å². The Bertz CT molecular complexity index is 1150. The molecule has 0 spiro atoms. The zero-order valence-electron chi connectivity index (χ0n) is 19.2. The number of hydrogen-bond donors (Lipinski definition) is 2. The minimum Gasteiger partial charge on any atom is -0.317 e. The number of anilines is 1. The largest absolute Gasteiger partial charge is 0.317 e. The van der Waals surface area contributed by atoms with E-state index in [0.717, 1.165) is 57.5 Å². The third-order valence-corrected chi connectivity index (χ3v) is 9.63. The Morgan fingerprint density at radius 1 is 1.33 bits per heavy atom. The summed E-state index contributed by atoms with van der Waals surface area (Å²) >= 11 is 7.05. The summed E-state index contributed by atoms with van der Waals surface area (Å²) < 4.78 is 2.22. The van der Waals surface area contributed by atoms with Crippen LogP contribution in [0.1, 0.15) is 56.4 Å². The third-order valence-electron chi connectivity index (χ3n) is 6.95. The number of carbonyl (C=O) groups excluding carboxylic acids is 1. The van der Waals surface area contributed by atoms with Crippen LogP contribution in [0.5, 0.6) is 0 Å². The first kappa shape index (κ1) is 23.4. The topological polar surface area (TPSA) is 57.3 Å². The zero-order valence-corrected chi connectivity index (χ0v) is 22.5. The zero-order chi connectivity index (χ0) is 22.9. The summed E-state index contributed by atoms with van der Waals surface area (Å²) in [5.41, 5.74) is 3.55. The van der Waals surface area contributed by atoms with Crippen LogP contribution < -0.4 is 10.6 Å². The normalized spacial score (nSPS) is 17.7. The molecule has 0 bridgehead atoms. The van der Waals surface area contributed by atoms with E-state index in [0.29, 0.717) is 19.0 Å². The third kappa shape index (κ3) is 5.05. The van der Waals surface area contributed by atoms with Gasteiger partial charge in [-0.05, 0) is 56.4 Å². The molecule has 5 rings (SSSR count). The van der Waals surface area contributed by atoms with Crippen molar-refractivity contribution in [1.29, 1.82) is 0 Å². The van der Waals surface area contributed by atoms with Gasteiger partial charge in [0.1, 0.15) is 10.0 Å². The molecule has 1 amide bonds. The number of nitrogens with zero attached hydrogens (tertiary/aromatic N) is 2. The fourth-order valence-corrected chi connectivity index (χ4v) is 7.30. The molecule has 8 heteroatoms. The van der Waals surface area contributed by atoms with Gasteiger partial charge in [0.2, 0.25) is 5.91 Å². The van der Waals surface area contributed by atoms with Gasteiger partial charge in [0, 0.05) is 53.1 Å². The molecule has 2 aliphatic rings. The fourth-order valence-electron chi connectivity index (χ4n) is 4.57. The Labute approximate surface area is 212 Å². The van der Waals surface area contributed by atoms with E-state index in [1.165, 1.54) is 34.4 Å². The Morgan fingerprint density at radius 2 is 2.18 bits per heavy atom. The van der Waals surface area contributed by atoms with Crippen LogP contribution in [0.2, 0.25) is 0 Å². The molecule has 1 fully saturated rings. The lowest BCUT2D eigenvalue weighted by atomic mass is 9.89. The van der Waals surface area contributed by atoms with Crippen molar-refractivity contribution < 1.29 is 4.79 Å². The summed E-state index contributed by atoms with van der Waals surface area (Å²) in [7, 11) is 0. The Morgan fingerprint density at radius 3 is 2.94 bits per heavy atom. The number of carbonyl (C=O) groups is 1. The fraction of sp³-hybridized carbons (Fsp3) is 0.520. The molecule has 33 heavy (non-hydrogen) atoms. The van der Waals surface area contributed by atoms with Crippen LogP contribution in [-0.4, -0.2) is 41.0 Å². The van der Waals surface area contributed by atoms with Crippen molar-refractivity contribution in [3.05, 3.63) is 33.1 Å². The van der Waals surface area contributed by atoms with Crippen LogP contribution in [0.3, 0.4) is 0 Å². The van der Waals surface area contributed by atoms with Crippen LogP contribution in [0, 0.1) is 0 Å². The summed E-state index contributed by atoms with van der Waals surface area (Å²) in [6, 6.07) is 7.44. The predicted octanol–water partition coefficient (Wildman–Crippen LogP) is 6.41. The van der Waals surface area contributed by atoms with Gasteiger partial charge in [-0.25, -0.2) is 4.98 Å². The number of benzene rings is 1. The number of fused-ring (bicyclic) bond motifs is 2. The van der Waals surface area contributed by atoms with E-state index in [9.17, 15) is 4.79 Å². The molecule has 3 aromatic rings. The molecule has 1 aliphatic carbocycles. The first-order valence-corrected chi connectivity index (χ1v) is 14.4. The average Bonchev–Trinajstić information content (AvgIpc) is 3.31. The lowest BCUT2D eigenvalue weighted by Crippen LogP contribution is -2.42. The van der Waals surface area contributed by atoms with E-state index in [4.69, 9.17) is 4.98 Å². The highest BCUT2D eigenvalue weighted by atomic mass is 79.9. The molecule has 0 saturated heterocycles. The van der Waals surface area contributed by atoms with Crippen molar-refractivity contribution in [3.63, 3.8) is 0 Å². The van der Waals surface area contributed by atoms with E-state index < -0.39 is 0 Å². The Kier molecular flexibility index (Phi) is 7.18. The number of thiophene rings is 1. The number of hydrogen-bond acceptors (Lipinski definition) is 6. The first-order valence-electron chi connectivity index (χ1n) is 12.0. The lowest BCUT2D eigenvalue weighted by Gasteiger charge is -2.39. The SMILES string of the molecule is CCC(C)NCCC(=O)Nc1sc2c(c1-c1nc3cc(Br)ccc3s1)CCN(C1CCC1)C2. The van der Waals surface area contributed by atoms with Gasteiger partial charge in [0.15, 0.2) is 0 Å². The number of halogens is 1. The molecule has 0 radical (unpaired) electrons. The monoisotopic (exact) mass is 546 g/mol. The summed E-state index contributed by atoms with van der Waals surface area (Å²) in [5.74, 6) is 0.0744. The van der Waals surface area contributed by atoms with Crippen molar-refractivity contribution >= 4 is 59.7 Å².